The number of piperidine rings is 1. The fourth-order valence-corrected chi connectivity index (χ4v) is 4.35. The number of carbonyl (C=O) groups is 3. The van der Waals surface area contributed by atoms with Crippen molar-refractivity contribution < 1.29 is 29.3 Å². The Hall–Kier alpha value is -3.65. The van der Waals surface area contributed by atoms with E-state index in [9.17, 15) is 14.4 Å². The van der Waals surface area contributed by atoms with Crippen LogP contribution in [-0.4, -0.2) is 53.3 Å². The van der Waals surface area contributed by atoms with Crippen molar-refractivity contribution in [2.45, 2.75) is 38.6 Å². The van der Waals surface area contributed by atoms with Gasteiger partial charge >= 0.3 is 0 Å². The van der Waals surface area contributed by atoms with Crippen LogP contribution in [0.5, 0.6) is 5.75 Å². The zero-order valence-electron chi connectivity index (χ0n) is 22.6. The second-order valence-electron chi connectivity index (χ2n) is 8.48. The highest BCUT2D eigenvalue weighted by atomic mass is 16.5. The second-order valence-corrected chi connectivity index (χ2v) is 8.48. The van der Waals surface area contributed by atoms with Gasteiger partial charge in [0, 0.05) is 29.9 Å². The normalized spacial score (nSPS) is 22.1. The molecule has 0 saturated carbocycles. The number of allylic oxidation sites excluding steroid dienone is 1. The Kier molecular flexibility index (Phi) is 4.86. The number of amides is 3. The number of hydrogen-bond donors (Lipinski definition) is 1. The summed E-state index contributed by atoms with van der Waals surface area (Å²) in [7, 11) is 0. The molecule has 1 unspecified atom stereocenters. The zero-order chi connectivity index (χ0) is 27.1. The topological polar surface area (TPSA) is 88.2 Å². The van der Waals surface area contributed by atoms with Crippen molar-refractivity contribution in [3.05, 3.63) is 76.9 Å². The molecule has 0 radical (unpaired) electrons. The molecule has 2 saturated heterocycles. The van der Waals surface area contributed by atoms with Gasteiger partial charge in [-0.3, -0.25) is 14.4 Å². The quantitative estimate of drug-likeness (QED) is 0.708. The van der Waals surface area contributed by atoms with Gasteiger partial charge in [0.2, 0.25) is 11.8 Å². The van der Waals surface area contributed by atoms with Crippen LogP contribution >= 0.6 is 0 Å². The predicted octanol–water partition coefficient (Wildman–Crippen LogP) is 2.37. The summed E-state index contributed by atoms with van der Waals surface area (Å²) >= 11 is 0. The lowest BCUT2D eigenvalue weighted by molar-refractivity contribution is -0.143. The molecular weight excluding hydrogens is 434 g/mol. The molecule has 0 aromatic heterocycles. The molecule has 1 atom stereocenters. The predicted molar refractivity (Wildman–Crippen MR) is 124 cm³/mol. The van der Waals surface area contributed by atoms with Crippen LogP contribution in [0, 0.1) is 0 Å². The number of rotatable bonds is 6. The van der Waals surface area contributed by atoms with Crippen LogP contribution < -0.4 is 10.1 Å². The van der Waals surface area contributed by atoms with Crippen molar-refractivity contribution in [3.63, 3.8) is 0 Å². The average molecular weight is 466 g/mol. The number of fused-ring (bicyclic) bond motifs is 1. The lowest BCUT2D eigenvalue weighted by atomic mass is 10.0. The van der Waals surface area contributed by atoms with Crippen molar-refractivity contribution in [1.82, 2.24) is 15.1 Å². The van der Waals surface area contributed by atoms with Crippen molar-refractivity contribution in [3.8, 4) is 5.75 Å². The molecule has 1 N–H and O–H groups in total. The smallest absolute Gasteiger partial charge is 0.255 e. The number of ether oxygens (including phenoxy) is 2. The number of benzene rings is 2. The average Bonchev–Trinajstić information content (AvgIpc) is 3.23. The Morgan fingerprint density at radius 1 is 1.18 bits per heavy atom. The lowest BCUT2D eigenvalue weighted by Gasteiger charge is -2.31. The summed E-state index contributed by atoms with van der Waals surface area (Å²) in [6.45, 7) is 4.26. The van der Waals surface area contributed by atoms with Crippen molar-refractivity contribution in [2.24, 2.45) is 0 Å². The molecule has 0 aliphatic carbocycles. The second kappa shape index (κ2) is 9.30. The summed E-state index contributed by atoms with van der Waals surface area (Å²) in [5, 5.41) is 2.71. The van der Waals surface area contributed by atoms with E-state index in [-0.39, 0.29) is 79.3 Å². The maximum absolute atomic E-state index is 13.1. The monoisotopic (exact) mass is 465 g/mol. The van der Waals surface area contributed by atoms with Crippen LogP contribution in [0.4, 0.5) is 0 Å². The Labute approximate surface area is 203 Å². The van der Waals surface area contributed by atoms with Gasteiger partial charge in [-0.15, -0.1) is 0 Å². The molecule has 8 nitrogen and oxygen atoms in total. The van der Waals surface area contributed by atoms with Crippen LogP contribution in [0.1, 0.15) is 45.4 Å². The molecule has 3 aliphatic rings. The van der Waals surface area contributed by atoms with Crippen LogP contribution in [0.15, 0.2) is 54.6 Å². The van der Waals surface area contributed by atoms with E-state index >= 15 is 0 Å². The van der Waals surface area contributed by atoms with Crippen LogP contribution in [0.2, 0.25) is 0 Å². The zero-order valence-corrected chi connectivity index (χ0v) is 18.6. The molecule has 5 rings (SSSR count). The molecule has 0 spiro atoms. The van der Waals surface area contributed by atoms with Gasteiger partial charge in [0.05, 0.1) is 18.6 Å². The van der Waals surface area contributed by atoms with Crippen LogP contribution in [-0.2, 0) is 34.0 Å². The molecule has 8 heteroatoms. The summed E-state index contributed by atoms with van der Waals surface area (Å²) in [5.74, 6) is -0.437. The highest BCUT2D eigenvalue weighted by Crippen LogP contribution is 2.34. The fourth-order valence-electron chi connectivity index (χ4n) is 4.35. The molecule has 34 heavy (non-hydrogen) atoms. The van der Waals surface area contributed by atoms with Gasteiger partial charge in [-0.2, -0.15) is 0 Å². The van der Waals surface area contributed by atoms with E-state index in [1.807, 2.05) is 0 Å². The first-order valence-corrected chi connectivity index (χ1v) is 11.1. The van der Waals surface area contributed by atoms with E-state index in [1.54, 1.807) is 18.2 Å². The van der Waals surface area contributed by atoms with Crippen molar-refractivity contribution in [2.75, 3.05) is 19.8 Å². The number of nitrogens with zero attached hydrogens (tertiary/aromatic N) is 2. The van der Waals surface area contributed by atoms with Gasteiger partial charge < -0.3 is 24.6 Å². The maximum Gasteiger partial charge on any atom is 0.255 e. The molecule has 2 aromatic carbocycles. The van der Waals surface area contributed by atoms with E-state index in [4.69, 9.17) is 15.0 Å². The summed E-state index contributed by atoms with van der Waals surface area (Å²) in [4.78, 5) is 40.7. The SMILES string of the molecule is [2H]c1c([2H])c(CN2CCOCC2=O)c([2H])c([2H])c1COc1cccc2c1CN(C1CCC(=C)NC1=O)C2=O. The van der Waals surface area contributed by atoms with E-state index in [1.165, 1.54) is 9.80 Å². The van der Waals surface area contributed by atoms with E-state index in [2.05, 4.69) is 11.9 Å². The first-order valence-electron chi connectivity index (χ1n) is 13.1. The fraction of sp³-hybridized carbons (Fsp3) is 0.346. The van der Waals surface area contributed by atoms with Gasteiger partial charge in [-0.1, -0.05) is 36.8 Å². The Morgan fingerprint density at radius 2 is 1.97 bits per heavy atom. The highest BCUT2D eigenvalue weighted by molar-refractivity contribution is 6.02. The van der Waals surface area contributed by atoms with Crippen LogP contribution in [0.25, 0.3) is 0 Å². The molecular formula is C26H27N3O5. The van der Waals surface area contributed by atoms with Crippen LogP contribution in [0.3, 0.4) is 0 Å². The summed E-state index contributed by atoms with van der Waals surface area (Å²) < 4.78 is 44.9. The highest BCUT2D eigenvalue weighted by Gasteiger charge is 2.39. The minimum Gasteiger partial charge on any atom is -0.489 e. The Morgan fingerprint density at radius 3 is 2.74 bits per heavy atom. The Balaban J connectivity index is 1.36. The van der Waals surface area contributed by atoms with Gasteiger partial charge in [-0.25, -0.2) is 0 Å². The molecule has 176 valence electrons. The van der Waals surface area contributed by atoms with Crippen molar-refractivity contribution in [1.29, 1.82) is 0 Å². The van der Waals surface area contributed by atoms with E-state index in [0.29, 0.717) is 48.6 Å². The van der Waals surface area contributed by atoms with E-state index in [0.717, 1.165) is 0 Å². The van der Waals surface area contributed by atoms with Crippen molar-refractivity contribution >= 4 is 17.7 Å². The third-order valence-corrected chi connectivity index (χ3v) is 6.18. The minimum atomic E-state index is -0.615. The molecule has 3 aliphatic heterocycles. The largest absolute Gasteiger partial charge is 0.489 e. The Bertz CT molecular complexity index is 1340. The first kappa shape index (κ1) is 17.8. The minimum absolute atomic E-state index is 0.0367. The lowest BCUT2D eigenvalue weighted by Crippen LogP contribution is -2.49. The summed E-state index contributed by atoms with van der Waals surface area (Å²) in [5.41, 5.74) is 1.86. The number of morpholine rings is 1. The summed E-state index contributed by atoms with van der Waals surface area (Å²) in [6, 6.07) is 3.44. The van der Waals surface area contributed by atoms with E-state index < -0.39 is 6.04 Å². The molecule has 2 fully saturated rings. The molecule has 3 amide bonds. The number of carbonyl (C=O) groups excluding carboxylic acids is 3. The molecule has 2 aromatic rings. The standard InChI is InChI=1S/C26H27N3O5/c1-17-5-10-22(25(31)27-17)29-14-21-20(26(29)32)3-2-4-23(21)34-15-19-8-6-18(7-9-19)13-28-11-12-33-16-24(28)30/h2-4,6-9,22H,1,5,10-16H2,(H,27,31)/i6D,7D,8D,9D. The first-order chi connectivity index (χ1) is 18.2. The van der Waals surface area contributed by atoms with Gasteiger partial charge in [0.25, 0.3) is 5.91 Å². The third kappa shape index (κ3) is 4.41. The third-order valence-electron chi connectivity index (χ3n) is 6.18. The summed E-state index contributed by atoms with van der Waals surface area (Å²) in [6.07, 6.45) is 1.06. The maximum atomic E-state index is 13.1. The van der Waals surface area contributed by atoms with Gasteiger partial charge in [0.1, 0.15) is 25.0 Å². The number of hydrogen-bond acceptors (Lipinski definition) is 5. The number of nitrogens with one attached hydrogen (secondary N) is 1. The molecule has 0 bridgehead atoms. The van der Waals surface area contributed by atoms with Gasteiger partial charge in [-0.05, 0) is 36.1 Å². The molecule has 3 heterocycles. The van der Waals surface area contributed by atoms with Gasteiger partial charge in [0.15, 0.2) is 0 Å².